The van der Waals surface area contributed by atoms with Crippen molar-refractivity contribution in [2.75, 3.05) is 4.90 Å². The molecule has 0 aliphatic rings. The summed E-state index contributed by atoms with van der Waals surface area (Å²) < 4.78 is 0. The first-order valence-electron chi connectivity index (χ1n) is 10.1. The summed E-state index contributed by atoms with van der Waals surface area (Å²) in [4.78, 5) is 1.89. The van der Waals surface area contributed by atoms with E-state index >= 15 is 0 Å². The molecule has 2 aromatic carbocycles. The smallest absolute Gasteiger partial charge is 0.193 e. The van der Waals surface area contributed by atoms with Crippen molar-refractivity contribution >= 4 is 23.2 Å². The average Bonchev–Trinajstić information content (AvgIpc) is 2.66. The zero-order valence-electron chi connectivity index (χ0n) is 17.6. The van der Waals surface area contributed by atoms with Crippen LogP contribution in [0.25, 0.3) is 0 Å². The van der Waals surface area contributed by atoms with Crippen LogP contribution in [0.3, 0.4) is 0 Å². The Hall–Kier alpha value is -2.00. The maximum atomic E-state index is 8.13. The van der Waals surface area contributed by atoms with Gasteiger partial charge in [0, 0.05) is 11.1 Å². The first-order chi connectivity index (χ1) is 13.2. The predicted octanol–water partition coefficient (Wildman–Crippen LogP) is 6.22. The quantitative estimate of drug-likeness (QED) is 0.314. The second kappa shape index (κ2) is 9.97. The molecule has 0 saturated heterocycles. The highest BCUT2D eigenvalue weighted by Gasteiger charge is 2.16. The van der Waals surface area contributed by atoms with Crippen LogP contribution >= 0.6 is 11.6 Å². The molecule has 28 heavy (non-hydrogen) atoms. The van der Waals surface area contributed by atoms with Gasteiger partial charge < -0.3 is 10.6 Å². The second-order valence-corrected chi connectivity index (χ2v) is 9.06. The number of guanidine groups is 1. The number of benzene rings is 2. The van der Waals surface area contributed by atoms with E-state index in [2.05, 4.69) is 64.1 Å². The standard InChI is InChI=1S/C24H34ClN3/c1-5-21(25)11-8-10-19-9-6-7-12-22(19)28(23(26)27)17-18-13-15-20(16-14-18)24(2,3)4/h6-7,9,12-16,21H,5,8,10-11,17H2,1-4H3,(H3,26,27). The number of anilines is 1. The summed E-state index contributed by atoms with van der Waals surface area (Å²) in [6.07, 6.45) is 3.96. The lowest BCUT2D eigenvalue weighted by Gasteiger charge is -2.26. The fourth-order valence-corrected chi connectivity index (χ4v) is 3.45. The molecule has 0 heterocycles. The molecule has 3 nitrogen and oxygen atoms in total. The fraction of sp³-hybridized carbons (Fsp3) is 0.458. The minimum Gasteiger partial charge on any atom is -0.370 e. The molecule has 0 fully saturated rings. The maximum Gasteiger partial charge on any atom is 0.193 e. The number of aryl methyl sites for hydroxylation is 1. The molecule has 0 amide bonds. The van der Waals surface area contributed by atoms with E-state index < -0.39 is 0 Å². The Bertz CT molecular complexity index is 762. The van der Waals surface area contributed by atoms with E-state index in [1.807, 2.05) is 17.0 Å². The summed E-state index contributed by atoms with van der Waals surface area (Å²) in [6, 6.07) is 16.9. The summed E-state index contributed by atoms with van der Waals surface area (Å²) in [6.45, 7) is 9.34. The van der Waals surface area contributed by atoms with Crippen molar-refractivity contribution in [2.45, 2.75) is 70.7 Å². The van der Waals surface area contributed by atoms with Crippen LogP contribution in [-0.2, 0) is 18.4 Å². The normalized spacial score (nSPS) is 12.6. The number of alkyl halides is 1. The van der Waals surface area contributed by atoms with Crippen molar-refractivity contribution in [2.24, 2.45) is 5.73 Å². The molecule has 2 aromatic rings. The van der Waals surface area contributed by atoms with Gasteiger partial charge in [-0.1, -0.05) is 70.2 Å². The summed E-state index contributed by atoms with van der Waals surface area (Å²) in [5, 5.41) is 8.37. The zero-order valence-corrected chi connectivity index (χ0v) is 18.4. The van der Waals surface area contributed by atoms with Crippen LogP contribution < -0.4 is 10.6 Å². The third-order valence-electron chi connectivity index (χ3n) is 5.14. The lowest BCUT2D eigenvalue weighted by atomic mass is 9.87. The average molecular weight is 400 g/mol. The molecule has 1 unspecified atom stereocenters. The van der Waals surface area contributed by atoms with Crippen molar-refractivity contribution in [3.05, 3.63) is 65.2 Å². The van der Waals surface area contributed by atoms with Gasteiger partial charge in [-0.05, 0) is 53.9 Å². The molecule has 0 radical (unpaired) electrons. The number of nitrogens with two attached hydrogens (primary N) is 1. The van der Waals surface area contributed by atoms with E-state index in [4.69, 9.17) is 22.7 Å². The monoisotopic (exact) mass is 399 g/mol. The molecule has 0 aliphatic heterocycles. The van der Waals surface area contributed by atoms with Gasteiger partial charge in [0.2, 0.25) is 0 Å². The number of hydrogen-bond acceptors (Lipinski definition) is 1. The number of para-hydroxylation sites is 1. The van der Waals surface area contributed by atoms with Gasteiger partial charge in [-0.15, -0.1) is 11.6 Å². The largest absolute Gasteiger partial charge is 0.370 e. The minimum atomic E-state index is 0.0659. The van der Waals surface area contributed by atoms with Gasteiger partial charge in [-0.3, -0.25) is 5.41 Å². The van der Waals surface area contributed by atoms with Gasteiger partial charge in [0.25, 0.3) is 0 Å². The maximum absolute atomic E-state index is 8.13. The van der Waals surface area contributed by atoms with Gasteiger partial charge in [0.1, 0.15) is 0 Å². The topological polar surface area (TPSA) is 53.1 Å². The van der Waals surface area contributed by atoms with Crippen LogP contribution in [-0.4, -0.2) is 11.3 Å². The van der Waals surface area contributed by atoms with Crippen molar-refractivity contribution in [1.29, 1.82) is 5.41 Å². The highest BCUT2D eigenvalue weighted by atomic mass is 35.5. The van der Waals surface area contributed by atoms with Gasteiger partial charge in [-0.25, -0.2) is 0 Å². The summed E-state index contributed by atoms with van der Waals surface area (Å²) in [7, 11) is 0. The van der Waals surface area contributed by atoms with E-state index in [1.54, 1.807) is 0 Å². The van der Waals surface area contributed by atoms with E-state index in [1.165, 1.54) is 11.1 Å². The Kier molecular flexibility index (Phi) is 7.94. The highest BCUT2D eigenvalue weighted by Crippen LogP contribution is 2.26. The molecule has 0 aromatic heterocycles. The van der Waals surface area contributed by atoms with Crippen molar-refractivity contribution in [3.63, 3.8) is 0 Å². The lowest BCUT2D eigenvalue weighted by Crippen LogP contribution is -2.36. The number of nitrogens with zero attached hydrogens (tertiary/aromatic N) is 1. The molecule has 152 valence electrons. The Labute approximate surface area is 175 Å². The number of halogens is 1. The molecule has 0 bridgehead atoms. The Morgan fingerprint density at radius 1 is 1.11 bits per heavy atom. The van der Waals surface area contributed by atoms with E-state index in [9.17, 15) is 0 Å². The number of rotatable bonds is 8. The van der Waals surface area contributed by atoms with Crippen LogP contribution in [0.4, 0.5) is 5.69 Å². The molecule has 3 N–H and O–H groups in total. The summed E-state index contributed by atoms with van der Waals surface area (Å²) in [5.74, 6) is 0.0659. The molecular weight excluding hydrogens is 366 g/mol. The fourth-order valence-electron chi connectivity index (χ4n) is 3.30. The molecule has 0 spiro atoms. The van der Waals surface area contributed by atoms with E-state index in [0.717, 1.165) is 36.9 Å². The van der Waals surface area contributed by atoms with Crippen LogP contribution in [0.1, 0.15) is 63.6 Å². The van der Waals surface area contributed by atoms with Gasteiger partial charge in [-0.2, -0.15) is 0 Å². The summed E-state index contributed by atoms with van der Waals surface area (Å²) >= 11 is 6.27. The molecule has 2 rings (SSSR count). The van der Waals surface area contributed by atoms with Crippen molar-refractivity contribution < 1.29 is 0 Å². The lowest BCUT2D eigenvalue weighted by molar-refractivity contribution is 0.590. The molecule has 0 aliphatic carbocycles. The van der Waals surface area contributed by atoms with Crippen LogP contribution in [0, 0.1) is 5.41 Å². The molecule has 4 heteroatoms. The summed E-state index contributed by atoms with van der Waals surface area (Å²) in [5.41, 5.74) is 10.8. The van der Waals surface area contributed by atoms with E-state index in [-0.39, 0.29) is 16.8 Å². The number of hydrogen-bond donors (Lipinski definition) is 2. The van der Waals surface area contributed by atoms with Crippen LogP contribution in [0.5, 0.6) is 0 Å². The Morgan fingerprint density at radius 2 is 1.75 bits per heavy atom. The SMILES string of the molecule is CCC(Cl)CCCc1ccccc1N(Cc1ccc(C(C)(C)C)cc1)C(=N)N. The van der Waals surface area contributed by atoms with Gasteiger partial charge >= 0.3 is 0 Å². The van der Waals surface area contributed by atoms with Crippen molar-refractivity contribution in [3.8, 4) is 0 Å². The molecular formula is C24H34ClN3. The Balaban J connectivity index is 2.19. The predicted molar refractivity (Wildman–Crippen MR) is 123 cm³/mol. The van der Waals surface area contributed by atoms with Gasteiger partial charge in [0.05, 0.1) is 6.54 Å². The van der Waals surface area contributed by atoms with Crippen molar-refractivity contribution in [1.82, 2.24) is 0 Å². The highest BCUT2D eigenvalue weighted by molar-refractivity contribution is 6.20. The van der Waals surface area contributed by atoms with Crippen LogP contribution in [0.2, 0.25) is 0 Å². The van der Waals surface area contributed by atoms with Gasteiger partial charge in [0.15, 0.2) is 5.96 Å². The first kappa shape index (κ1) is 22.3. The minimum absolute atomic E-state index is 0.0659. The Morgan fingerprint density at radius 3 is 2.32 bits per heavy atom. The number of nitrogens with one attached hydrogen (secondary N) is 1. The molecule has 1 atom stereocenters. The first-order valence-corrected chi connectivity index (χ1v) is 10.6. The van der Waals surface area contributed by atoms with E-state index in [0.29, 0.717) is 6.54 Å². The second-order valence-electron chi connectivity index (χ2n) is 8.44. The third kappa shape index (κ3) is 6.27. The molecule has 0 saturated carbocycles. The third-order valence-corrected chi connectivity index (χ3v) is 5.67. The van der Waals surface area contributed by atoms with Crippen LogP contribution in [0.15, 0.2) is 48.5 Å². The zero-order chi connectivity index (χ0) is 20.7.